The van der Waals surface area contributed by atoms with Crippen LogP contribution in [0.15, 0.2) is 28.7 Å². The summed E-state index contributed by atoms with van der Waals surface area (Å²) in [5, 5.41) is 0. The minimum atomic E-state index is -0.0985. The van der Waals surface area contributed by atoms with Gasteiger partial charge >= 0.3 is 0 Å². The summed E-state index contributed by atoms with van der Waals surface area (Å²) in [6.07, 6.45) is 2.97. The summed E-state index contributed by atoms with van der Waals surface area (Å²) < 4.78 is 0.970. The van der Waals surface area contributed by atoms with E-state index in [2.05, 4.69) is 34.7 Å². The summed E-state index contributed by atoms with van der Waals surface area (Å²) in [6, 6.07) is 7.25. The minimum absolute atomic E-state index is 0.0985. The van der Waals surface area contributed by atoms with E-state index in [0.29, 0.717) is 5.56 Å². The largest absolute Gasteiger partial charge is 0.279 e. The quantitative estimate of drug-likeness (QED) is 0.351. The minimum Gasteiger partial charge on any atom is -0.279 e. The summed E-state index contributed by atoms with van der Waals surface area (Å²) in [5.41, 5.74) is 0.655. The third kappa shape index (κ3) is 4.31. The molecular weight excluding hydrogens is 252 g/mol. The molecule has 0 aromatic heterocycles. The number of hydrogen-bond acceptors (Lipinski definition) is 1. The zero-order chi connectivity index (χ0) is 11.1. The van der Waals surface area contributed by atoms with E-state index >= 15 is 0 Å². The lowest BCUT2D eigenvalue weighted by molar-refractivity contribution is 0.105. The molecule has 15 heavy (non-hydrogen) atoms. The van der Waals surface area contributed by atoms with Gasteiger partial charge in [-0.25, -0.2) is 0 Å². The lowest BCUT2D eigenvalue weighted by Gasteiger charge is -1.93. The average Bonchev–Trinajstić information content (AvgIpc) is 2.25. The van der Waals surface area contributed by atoms with E-state index in [1.54, 1.807) is 12.1 Å². The van der Waals surface area contributed by atoms with Crippen LogP contribution in [0, 0.1) is 11.8 Å². The molecule has 0 atom stereocenters. The predicted octanol–water partition coefficient (Wildman–Crippen LogP) is 3.83. The maximum atomic E-state index is 11.5. The van der Waals surface area contributed by atoms with Gasteiger partial charge in [0.2, 0.25) is 5.78 Å². The van der Waals surface area contributed by atoms with Crippen molar-refractivity contribution in [3.63, 3.8) is 0 Å². The highest BCUT2D eigenvalue weighted by molar-refractivity contribution is 9.10. The third-order valence-corrected chi connectivity index (χ3v) is 2.49. The van der Waals surface area contributed by atoms with Crippen LogP contribution in [0.1, 0.15) is 36.5 Å². The molecule has 0 saturated carbocycles. The van der Waals surface area contributed by atoms with Crippen LogP contribution in [0.25, 0.3) is 0 Å². The Bertz CT molecular complexity index is 381. The molecule has 0 heterocycles. The summed E-state index contributed by atoms with van der Waals surface area (Å²) in [7, 11) is 0. The lowest BCUT2D eigenvalue weighted by Crippen LogP contribution is -1.93. The SMILES string of the molecule is CCCCC#CC(=O)c1ccc(Br)cc1. The molecule has 1 nitrogen and oxygen atoms in total. The van der Waals surface area contributed by atoms with Gasteiger partial charge in [-0.05, 0) is 36.6 Å². The van der Waals surface area contributed by atoms with Crippen LogP contribution in [-0.4, -0.2) is 5.78 Å². The number of carbonyl (C=O) groups excluding carboxylic acids is 1. The van der Waals surface area contributed by atoms with Crippen molar-refractivity contribution < 1.29 is 4.79 Å². The Morgan fingerprint density at radius 2 is 2.00 bits per heavy atom. The van der Waals surface area contributed by atoms with Crippen molar-refractivity contribution in [3.05, 3.63) is 34.3 Å². The number of hydrogen-bond donors (Lipinski definition) is 0. The monoisotopic (exact) mass is 264 g/mol. The number of rotatable bonds is 3. The molecule has 0 saturated heterocycles. The van der Waals surface area contributed by atoms with Gasteiger partial charge in [0.25, 0.3) is 0 Å². The van der Waals surface area contributed by atoms with Crippen molar-refractivity contribution in [2.24, 2.45) is 0 Å². The Hall–Kier alpha value is -1.07. The van der Waals surface area contributed by atoms with Gasteiger partial charge in [0, 0.05) is 16.5 Å². The number of ketones is 1. The maximum Gasteiger partial charge on any atom is 0.235 e. The molecule has 78 valence electrons. The van der Waals surface area contributed by atoms with E-state index in [9.17, 15) is 4.79 Å². The fourth-order valence-corrected chi connectivity index (χ4v) is 1.35. The first-order valence-electron chi connectivity index (χ1n) is 5.03. The first-order valence-corrected chi connectivity index (χ1v) is 5.82. The van der Waals surface area contributed by atoms with Crippen LogP contribution < -0.4 is 0 Å². The molecule has 0 aliphatic heterocycles. The molecule has 0 radical (unpaired) electrons. The van der Waals surface area contributed by atoms with Gasteiger partial charge in [-0.2, -0.15) is 0 Å². The number of carbonyl (C=O) groups is 1. The van der Waals surface area contributed by atoms with Gasteiger partial charge in [0.1, 0.15) is 0 Å². The number of benzene rings is 1. The number of halogens is 1. The normalized spacial score (nSPS) is 9.20. The highest BCUT2D eigenvalue weighted by Crippen LogP contribution is 2.10. The predicted molar refractivity (Wildman–Crippen MR) is 65.8 cm³/mol. The lowest BCUT2D eigenvalue weighted by atomic mass is 10.1. The van der Waals surface area contributed by atoms with E-state index in [0.717, 1.165) is 23.7 Å². The summed E-state index contributed by atoms with van der Waals surface area (Å²) in [4.78, 5) is 11.5. The maximum absolute atomic E-state index is 11.5. The van der Waals surface area contributed by atoms with Crippen LogP contribution in [-0.2, 0) is 0 Å². The average molecular weight is 265 g/mol. The van der Waals surface area contributed by atoms with Crippen LogP contribution in [0.2, 0.25) is 0 Å². The molecule has 0 spiro atoms. The Labute approximate surface area is 99.0 Å². The summed E-state index contributed by atoms with van der Waals surface area (Å²) in [6.45, 7) is 2.11. The Balaban J connectivity index is 2.60. The smallest absolute Gasteiger partial charge is 0.235 e. The highest BCUT2D eigenvalue weighted by Gasteiger charge is 2.00. The van der Waals surface area contributed by atoms with E-state index in [4.69, 9.17) is 0 Å². The van der Waals surface area contributed by atoms with E-state index in [-0.39, 0.29) is 5.78 Å². The molecule has 1 aromatic rings. The second kappa shape index (κ2) is 6.42. The standard InChI is InChI=1S/C13H13BrO/c1-2-3-4-5-6-13(15)11-7-9-12(14)10-8-11/h7-10H,2-4H2,1H3. The van der Waals surface area contributed by atoms with Gasteiger partial charge < -0.3 is 0 Å². The molecule has 2 heteroatoms. The van der Waals surface area contributed by atoms with E-state index in [1.807, 2.05) is 12.1 Å². The zero-order valence-corrected chi connectivity index (χ0v) is 10.3. The van der Waals surface area contributed by atoms with Crippen LogP contribution in [0.3, 0.4) is 0 Å². The zero-order valence-electron chi connectivity index (χ0n) is 8.72. The third-order valence-electron chi connectivity index (χ3n) is 1.96. The van der Waals surface area contributed by atoms with Crippen molar-refractivity contribution in [2.45, 2.75) is 26.2 Å². The topological polar surface area (TPSA) is 17.1 Å². The molecule has 0 fully saturated rings. The fraction of sp³-hybridized carbons (Fsp3) is 0.308. The van der Waals surface area contributed by atoms with Crippen molar-refractivity contribution in [2.75, 3.05) is 0 Å². The Kier molecular flexibility index (Phi) is 5.14. The summed E-state index contributed by atoms with van der Waals surface area (Å²) >= 11 is 3.32. The van der Waals surface area contributed by atoms with E-state index < -0.39 is 0 Å². The summed E-state index contributed by atoms with van der Waals surface area (Å²) in [5.74, 6) is 5.44. The molecule has 1 rings (SSSR count). The van der Waals surface area contributed by atoms with Crippen molar-refractivity contribution in [1.29, 1.82) is 0 Å². The van der Waals surface area contributed by atoms with Crippen molar-refractivity contribution >= 4 is 21.7 Å². The van der Waals surface area contributed by atoms with Crippen molar-refractivity contribution in [1.82, 2.24) is 0 Å². The van der Waals surface area contributed by atoms with Gasteiger partial charge in [0.15, 0.2) is 0 Å². The van der Waals surface area contributed by atoms with E-state index in [1.165, 1.54) is 0 Å². The fourth-order valence-electron chi connectivity index (χ4n) is 1.08. The number of Topliss-reactive ketones (excluding diaryl/α,β-unsaturated/α-hetero) is 1. The van der Waals surface area contributed by atoms with Crippen molar-refractivity contribution in [3.8, 4) is 11.8 Å². The van der Waals surface area contributed by atoms with Crippen LogP contribution >= 0.6 is 15.9 Å². The first-order chi connectivity index (χ1) is 7.24. The van der Waals surface area contributed by atoms with Gasteiger partial charge in [-0.1, -0.05) is 35.2 Å². The molecule has 1 aromatic carbocycles. The molecular formula is C13H13BrO. The van der Waals surface area contributed by atoms with Crippen LogP contribution in [0.4, 0.5) is 0 Å². The van der Waals surface area contributed by atoms with Crippen LogP contribution in [0.5, 0.6) is 0 Å². The van der Waals surface area contributed by atoms with Gasteiger partial charge in [-0.15, -0.1) is 0 Å². The highest BCUT2D eigenvalue weighted by atomic mass is 79.9. The van der Waals surface area contributed by atoms with Gasteiger partial charge in [0.05, 0.1) is 0 Å². The second-order valence-corrected chi connectivity index (χ2v) is 4.16. The molecule has 0 aliphatic rings. The second-order valence-electron chi connectivity index (χ2n) is 3.24. The molecule has 0 amide bonds. The Morgan fingerprint density at radius 3 is 2.60 bits per heavy atom. The first kappa shape index (κ1) is 12.0. The molecule has 0 bridgehead atoms. The molecule has 0 unspecified atom stereocenters. The number of unbranched alkanes of at least 4 members (excludes halogenated alkanes) is 2. The Morgan fingerprint density at radius 1 is 1.33 bits per heavy atom. The molecule has 0 N–H and O–H groups in total. The van der Waals surface area contributed by atoms with Gasteiger partial charge in [-0.3, -0.25) is 4.79 Å². The molecule has 0 aliphatic carbocycles.